The zero-order chi connectivity index (χ0) is 11.1. The molecule has 1 aromatic carbocycles. The van der Waals surface area contributed by atoms with Crippen LogP contribution in [0.3, 0.4) is 0 Å². The predicted octanol–water partition coefficient (Wildman–Crippen LogP) is 2.77. The van der Waals surface area contributed by atoms with Crippen molar-refractivity contribution in [2.45, 2.75) is 25.3 Å². The summed E-state index contributed by atoms with van der Waals surface area (Å²) in [6.07, 6.45) is 5.55. The van der Waals surface area contributed by atoms with Crippen LogP contribution in [0.4, 0.5) is 0 Å². The van der Waals surface area contributed by atoms with Crippen molar-refractivity contribution in [3.63, 3.8) is 0 Å². The smallest absolute Gasteiger partial charge is 0.124 e. The van der Waals surface area contributed by atoms with Gasteiger partial charge in [-0.15, -0.1) is 0 Å². The fraction of sp³-hybridized carbons (Fsp3) is 0.333. The second kappa shape index (κ2) is 3.59. The number of halogens is 1. The lowest BCUT2D eigenvalue weighted by Gasteiger charge is -2.04. The van der Waals surface area contributed by atoms with E-state index in [4.69, 9.17) is 11.6 Å². The molecule has 1 heterocycles. The summed E-state index contributed by atoms with van der Waals surface area (Å²) in [5.41, 5.74) is 2.88. The van der Waals surface area contributed by atoms with Crippen LogP contribution in [0.1, 0.15) is 24.4 Å². The van der Waals surface area contributed by atoms with Gasteiger partial charge in [-0.25, -0.2) is 4.98 Å². The third-order valence-corrected chi connectivity index (χ3v) is 3.34. The van der Waals surface area contributed by atoms with E-state index in [-0.39, 0.29) is 0 Å². The number of carbonyl (C=O) groups is 1. The highest BCUT2D eigenvalue weighted by atomic mass is 35.5. The number of fused-ring (bicyclic) bond motifs is 1. The van der Waals surface area contributed by atoms with Crippen LogP contribution in [0.5, 0.6) is 0 Å². The van der Waals surface area contributed by atoms with Crippen LogP contribution in [0.15, 0.2) is 18.5 Å². The highest BCUT2D eigenvalue weighted by molar-refractivity contribution is 6.32. The van der Waals surface area contributed by atoms with Gasteiger partial charge in [0.15, 0.2) is 0 Å². The van der Waals surface area contributed by atoms with Crippen LogP contribution in [-0.2, 0) is 11.2 Å². The minimum atomic E-state index is 0.366. The number of aldehydes is 1. The monoisotopic (exact) mass is 234 g/mol. The van der Waals surface area contributed by atoms with Gasteiger partial charge in [0.1, 0.15) is 6.29 Å². The van der Waals surface area contributed by atoms with Gasteiger partial charge in [0.05, 0.1) is 17.4 Å². The first kappa shape index (κ1) is 9.85. The summed E-state index contributed by atoms with van der Waals surface area (Å²) in [5.74, 6) is 0. The number of rotatable bonds is 3. The summed E-state index contributed by atoms with van der Waals surface area (Å²) in [6, 6.07) is 4.42. The topological polar surface area (TPSA) is 34.9 Å². The molecular formula is C12H11ClN2O. The van der Waals surface area contributed by atoms with Crippen molar-refractivity contribution < 1.29 is 4.79 Å². The van der Waals surface area contributed by atoms with Crippen LogP contribution in [0.2, 0.25) is 5.02 Å². The molecule has 1 aromatic heterocycles. The maximum Gasteiger partial charge on any atom is 0.124 e. The molecule has 1 fully saturated rings. The Morgan fingerprint density at radius 1 is 1.50 bits per heavy atom. The van der Waals surface area contributed by atoms with Crippen LogP contribution in [0.25, 0.3) is 11.0 Å². The minimum absolute atomic E-state index is 0.366. The standard InChI is InChI=1S/C12H11ClN2O/c13-10-6-11-12(5-8(10)3-4-16)15(7-14-11)9-1-2-9/h4-7,9H,1-3H2. The molecule has 4 heteroatoms. The fourth-order valence-corrected chi connectivity index (χ4v) is 2.22. The summed E-state index contributed by atoms with van der Waals surface area (Å²) in [6.45, 7) is 0. The molecule has 3 rings (SSSR count). The highest BCUT2D eigenvalue weighted by Gasteiger charge is 2.25. The number of aromatic nitrogens is 2. The van der Waals surface area contributed by atoms with Gasteiger partial charge in [-0.1, -0.05) is 11.6 Å². The fourth-order valence-electron chi connectivity index (χ4n) is 1.98. The molecule has 3 nitrogen and oxygen atoms in total. The third kappa shape index (κ3) is 1.52. The molecule has 0 aliphatic heterocycles. The van der Waals surface area contributed by atoms with Crippen LogP contribution in [-0.4, -0.2) is 15.8 Å². The molecule has 1 aliphatic rings. The van der Waals surface area contributed by atoms with Crippen molar-refractivity contribution in [2.24, 2.45) is 0 Å². The van der Waals surface area contributed by atoms with Gasteiger partial charge in [-0.3, -0.25) is 0 Å². The van der Waals surface area contributed by atoms with Crippen LogP contribution < -0.4 is 0 Å². The first-order valence-electron chi connectivity index (χ1n) is 5.38. The van der Waals surface area contributed by atoms with Gasteiger partial charge >= 0.3 is 0 Å². The number of hydrogen-bond acceptors (Lipinski definition) is 2. The lowest BCUT2D eigenvalue weighted by Crippen LogP contribution is -1.93. The second-order valence-corrected chi connectivity index (χ2v) is 4.59. The van der Waals surface area contributed by atoms with Crippen LogP contribution >= 0.6 is 11.6 Å². The molecule has 2 aromatic rings. The molecule has 0 amide bonds. The quantitative estimate of drug-likeness (QED) is 0.766. The lowest BCUT2D eigenvalue weighted by molar-refractivity contribution is -0.107. The van der Waals surface area contributed by atoms with E-state index < -0.39 is 0 Å². The van der Waals surface area contributed by atoms with E-state index in [0.29, 0.717) is 17.5 Å². The first-order valence-corrected chi connectivity index (χ1v) is 5.76. The molecule has 1 aliphatic carbocycles. The van der Waals surface area contributed by atoms with Crippen LogP contribution in [0, 0.1) is 0 Å². The first-order chi connectivity index (χ1) is 7.79. The average Bonchev–Trinajstić information content (AvgIpc) is 3.02. The van der Waals surface area contributed by atoms with Crippen molar-refractivity contribution in [2.75, 3.05) is 0 Å². The van der Waals surface area contributed by atoms with Gasteiger partial charge in [0.25, 0.3) is 0 Å². The number of imidazole rings is 1. The number of hydrogen-bond donors (Lipinski definition) is 0. The lowest BCUT2D eigenvalue weighted by atomic mass is 10.1. The molecule has 0 radical (unpaired) electrons. The van der Waals surface area contributed by atoms with E-state index in [0.717, 1.165) is 22.9 Å². The number of nitrogens with zero attached hydrogens (tertiary/aromatic N) is 2. The number of benzene rings is 1. The Morgan fingerprint density at radius 3 is 3.00 bits per heavy atom. The zero-order valence-electron chi connectivity index (χ0n) is 8.69. The number of carbonyl (C=O) groups excluding carboxylic acids is 1. The normalized spacial score (nSPS) is 15.6. The Kier molecular flexibility index (Phi) is 2.21. The zero-order valence-corrected chi connectivity index (χ0v) is 9.44. The molecule has 0 bridgehead atoms. The molecule has 0 spiro atoms. The van der Waals surface area contributed by atoms with E-state index in [1.54, 1.807) is 0 Å². The summed E-state index contributed by atoms with van der Waals surface area (Å²) < 4.78 is 2.18. The Morgan fingerprint density at radius 2 is 2.31 bits per heavy atom. The van der Waals surface area contributed by atoms with Crippen molar-refractivity contribution in [1.29, 1.82) is 0 Å². The summed E-state index contributed by atoms with van der Waals surface area (Å²) >= 11 is 6.08. The van der Waals surface area contributed by atoms with E-state index in [2.05, 4.69) is 9.55 Å². The van der Waals surface area contributed by atoms with E-state index >= 15 is 0 Å². The maximum atomic E-state index is 10.6. The average molecular weight is 235 g/mol. The molecule has 16 heavy (non-hydrogen) atoms. The molecule has 0 unspecified atom stereocenters. The van der Waals surface area contributed by atoms with E-state index in [1.807, 2.05) is 18.5 Å². The Balaban J connectivity index is 2.18. The molecule has 0 atom stereocenters. The Labute approximate surface area is 98.0 Å². The molecular weight excluding hydrogens is 224 g/mol. The van der Waals surface area contributed by atoms with Gasteiger partial charge in [-0.05, 0) is 30.5 Å². The van der Waals surface area contributed by atoms with E-state index in [9.17, 15) is 4.79 Å². The van der Waals surface area contributed by atoms with Crippen molar-refractivity contribution >= 4 is 28.9 Å². The van der Waals surface area contributed by atoms with Gasteiger partial charge < -0.3 is 9.36 Å². The Bertz CT molecular complexity index is 557. The Hall–Kier alpha value is -1.35. The predicted molar refractivity (Wildman–Crippen MR) is 62.8 cm³/mol. The highest BCUT2D eigenvalue weighted by Crippen LogP contribution is 2.37. The molecule has 82 valence electrons. The van der Waals surface area contributed by atoms with Crippen molar-refractivity contribution in [1.82, 2.24) is 9.55 Å². The second-order valence-electron chi connectivity index (χ2n) is 4.19. The maximum absolute atomic E-state index is 10.6. The minimum Gasteiger partial charge on any atom is -0.327 e. The van der Waals surface area contributed by atoms with Gasteiger partial charge in [0.2, 0.25) is 0 Å². The van der Waals surface area contributed by atoms with E-state index in [1.165, 1.54) is 12.8 Å². The van der Waals surface area contributed by atoms with Crippen molar-refractivity contribution in [3.05, 3.63) is 29.0 Å². The summed E-state index contributed by atoms with van der Waals surface area (Å²) in [4.78, 5) is 14.9. The third-order valence-electron chi connectivity index (χ3n) is 2.99. The van der Waals surface area contributed by atoms with Gasteiger partial charge in [0, 0.05) is 17.5 Å². The summed E-state index contributed by atoms with van der Waals surface area (Å²) in [5, 5.41) is 0.626. The largest absolute Gasteiger partial charge is 0.327 e. The molecule has 0 N–H and O–H groups in total. The van der Waals surface area contributed by atoms with Gasteiger partial charge in [-0.2, -0.15) is 0 Å². The molecule has 0 saturated heterocycles. The molecule has 1 saturated carbocycles. The van der Waals surface area contributed by atoms with Crippen molar-refractivity contribution in [3.8, 4) is 0 Å². The summed E-state index contributed by atoms with van der Waals surface area (Å²) in [7, 11) is 0. The SMILES string of the molecule is O=CCc1cc2c(cc1Cl)ncn2C1CC1.